The van der Waals surface area contributed by atoms with Gasteiger partial charge in [0.1, 0.15) is 0 Å². The minimum atomic E-state index is -0.363. The fourth-order valence-corrected chi connectivity index (χ4v) is 4.92. The normalized spacial score (nSPS) is 15.0. The molecule has 0 saturated heterocycles. The fraction of sp³-hybridized carbons (Fsp3) is 0.136. The zero-order valence-electron chi connectivity index (χ0n) is 15.9. The molecule has 0 aliphatic carbocycles. The fourth-order valence-electron chi connectivity index (χ4n) is 3.33. The Balaban J connectivity index is 1.56. The van der Waals surface area contributed by atoms with Crippen LogP contribution in [0.2, 0.25) is 10.0 Å². The SMILES string of the molecule is NCc1cccc(Cl)c1N1c2ccccc2SC1NC(=O)NCc1ccc(Cl)cc1. The summed E-state index contributed by atoms with van der Waals surface area (Å²) in [6, 6.07) is 20.7. The number of amides is 2. The van der Waals surface area contributed by atoms with Gasteiger partial charge in [-0.15, -0.1) is 0 Å². The number of carbonyl (C=O) groups is 1. The van der Waals surface area contributed by atoms with Crippen LogP contribution in [0.25, 0.3) is 0 Å². The van der Waals surface area contributed by atoms with Crippen molar-refractivity contribution >= 4 is 52.4 Å². The standard InChI is InChI=1S/C22H20Cl2N4OS/c23-16-10-8-14(9-11-16)13-26-21(29)27-22-28(18-6-1-2-7-19(18)30-22)20-15(12-25)4-3-5-17(20)24/h1-11,22H,12-13,25H2,(H2,26,27,29). The number of halogens is 2. The number of nitrogens with two attached hydrogens (primary N) is 1. The second kappa shape index (κ2) is 9.18. The van der Waals surface area contributed by atoms with Crippen molar-refractivity contribution in [1.82, 2.24) is 10.6 Å². The minimum Gasteiger partial charge on any atom is -0.334 e. The Morgan fingerprint density at radius 3 is 2.57 bits per heavy atom. The van der Waals surface area contributed by atoms with Gasteiger partial charge in [-0.05, 0) is 41.5 Å². The van der Waals surface area contributed by atoms with E-state index in [4.69, 9.17) is 28.9 Å². The first-order chi connectivity index (χ1) is 14.6. The number of urea groups is 1. The highest BCUT2D eigenvalue weighted by Crippen LogP contribution is 2.49. The summed E-state index contributed by atoms with van der Waals surface area (Å²) in [5.41, 5.74) is 9.27. The molecule has 0 saturated carbocycles. The number of fused-ring (bicyclic) bond motifs is 1. The average molecular weight is 459 g/mol. The molecular formula is C22H20Cl2N4OS. The summed E-state index contributed by atoms with van der Waals surface area (Å²) in [4.78, 5) is 15.8. The maximum Gasteiger partial charge on any atom is 0.317 e. The number of nitrogens with one attached hydrogen (secondary N) is 2. The van der Waals surface area contributed by atoms with E-state index in [1.807, 2.05) is 59.5 Å². The van der Waals surface area contributed by atoms with Crippen molar-refractivity contribution in [1.29, 1.82) is 0 Å². The molecule has 4 rings (SSSR count). The van der Waals surface area contributed by atoms with Crippen LogP contribution in [0, 0.1) is 0 Å². The molecule has 8 heteroatoms. The number of benzene rings is 3. The molecule has 5 nitrogen and oxygen atoms in total. The number of para-hydroxylation sites is 2. The Bertz CT molecular complexity index is 1060. The van der Waals surface area contributed by atoms with Gasteiger partial charge in [0.25, 0.3) is 0 Å². The maximum absolute atomic E-state index is 12.7. The lowest BCUT2D eigenvalue weighted by molar-refractivity contribution is 0.240. The van der Waals surface area contributed by atoms with Crippen LogP contribution < -0.4 is 21.3 Å². The van der Waals surface area contributed by atoms with Crippen molar-refractivity contribution in [2.75, 3.05) is 4.90 Å². The predicted octanol–water partition coefficient (Wildman–Crippen LogP) is 5.48. The van der Waals surface area contributed by atoms with E-state index in [1.165, 1.54) is 0 Å². The van der Waals surface area contributed by atoms with Crippen LogP contribution >= 0.6 is 35.0 Å². The summed E-state index contributed by atoms with van der Waals surface area (Å²) in [5.74, 6) is 0. The van der Waals surface area contributed by atoms with Crippen molar-refractivity contribution in [3.05, 3.63) is 87.9 Å². The molecule has 0 fully saturated rings. The highest BCUT2D eigenvalue weighted by atomic mass is 35.5. The molecule has 30 heavy (non-hydrogen) atoms. The largest absolute Gasteiger partial charge is 0.334 e. The van der Waals surface area contributed by atoms with E-state index in [2.05, 4.69) is 10.6 Å². The molecule has 1 aliphatic rings. The van der Waals surface area contributed by atoms with Crippen molar-refractivity contribution < 1.29 is 4.79 Å². The zero-order valence-corrected chi connectivity index (χ0v) is 18.3. The van der Waals surface area contributed by atoms with Crippen LogP contribution in [-0.4, -0.2) is 11.5 Å². The molecule has 2 amide bonds. The monoisotopic (exact) mass is 458 g/mol. The number of rotatable bonds is 5. The van der Waals surface area contributed by atoms with Gasteiger partial charge in [0.15, 0.2) is 5.50 Å². The summed E-state index contributed by atoms with van der Waals surface area (Å²) < 4.78 is 0. The van der Waals surface area contributed by atoms with Gasteiger partial charge in [0.05, 0.1) is 16.4 Å². The van der Waals surface area contributed by atoms with E-state index in [9.17, 15) is 4.79 Å². The van der Waals surface area contributed by atoms with Crippen LogP contribution in [-0.2, 0) is 13.1 Å². The molecule has 3 aromatic carbocycles. The van der Waals surface area contributed by atoms with Gasteiger partial charge >= 0.3 is 6.03 Å². The Kier molecular flexibility index (Phi) is 6.39. The Morgan fingerprint density at radius 2 is 1.80 bits per heavy atom. The average Bonchev–Trinajstić information content (AvgIpc) is 3.10. The molecular weight excluding hydrogens is 439 g/mol. The number of nitrogens with zero attached hydrogens (tertiary/aromatic N) is 1. The van der Waals surface area contributed by atoms with Gasteiger partial charge < -0.3 is 21.3 Å². The summed E-state index contributed by atoms with van der Waals surface area (Å²) in [7, 11) is 0. The van der Waals surface area contributed by atoms with Gasteiger partial charge in [-0.2, -0.15) is 0 Å². The lowest BCUT2D eigenvalue weighted by Gasteiger charge is -2.30. The van der Waals surface area contributed by atoms with E-state index in [1.54, 1.807) is 23.9 Å². The van der Waals surface area contributed by atoms with E-state index in [0.29, 0.717) is 23.1 Å². The first kappa shape index (κ1) is 20.9. The van der Waals surface area contributed by atoms with Crippen LogP contribution in [0.5, 0.6) is 0 Å². The predicted molar refractivity (Wildman–Crippen MR) is 124 cm³/mol. The Labute approximate surface area is 189 Å². The second-order valence-electron chi connectivity index (χ2n) is 6.71. The van der Waals surface area contributed by atoms with Gasteiger partial charge in [0.2, 0.25) is 0 Å². The van der Waals surface area contributed by atoms with Crippen LogP contribution in [0.4, 0.5) is 16.2 Å². The summed E-state index contributed by atoms with van der Waals surface area (Å²) in [6.07, 6.45) is 0. The molecule has 4 N–H and O–H groups in total. The number of hydrogen-bond acceptors (Lipinski definition) is 4. The number of anilines is 2. The molecule has 0 bridgehead atoms. The minimum absolute atomic E-state index is 0.276. The number of thioether (sulfide) groups is 1. The van der Waals surface area contributed by atoms with E-state index >= 15 is 0 Å². The smallest absolute Gasteiger partial charge is 0.317 e. The molecule has 0 radical (unpaired) electrons. The van der Waals surface area contributed by atoms with Crippen LogP contribution in [0.1, 0.15) is 11.1 Å². The van der Waals surface area contributed by atoms with Crippen molar-refractivity contribution in [3.8, 4) is 0 Å². The van der Waals surface area contributed by atoms with Crippen molar-refractivity contribution in [2.45, 2.75) is 23.5 Å². The highest BCUT2D eigenvalue weighted by Gasteiger charge is 2.34. The lowest BCUT2D eigenvalue weighted by Crippen LogP contribution is -2.46. The quantitative estimate of drug-likeness (QED) is 0.473. The summed E-state index contributed by atoms with van der Waals surface area (Å²) >= 11 is 14.0. The van der Waals surface area contributed by atoms with E-state index < -0.39 is 0 Å². The molecule has 3 aromatic rings. The van der Waals surface area contributed by atoms with Crippen LogP contribution in [0.3, 0.4) is 0 Å². The molecule has 154 valence electrons. The number of hydrogen-bond donors (Lipinski definition) is 3. The van der Waals surface area contributed by atoms with Crippen LogP contribution in [0.15, 0.2) is 71.6 Å². The highest BCUT2D eigenvalue weighted by molar-refractivity contribution is 8.00. The van der Waals surface area contributed by atoms with E-state index in [0.717, 1.165) is 27.4 Å². The van der Waals surface area contributed by atoms with Gasteiger partial charge in [-0.1, -0.05) is 71.4 Å². The van der Waals surface area contributed by atoms with Crippen molar-refractivity contribution in [3.63, 3.8) is 0 Å². The third kappa shape index (κ3) is 4.37. The molecule has 1 atom stereocenters. The van der Waals surface area contributed by atoms with Crippen molar-refractivity contribution in [2.24, 2.45) is 5.73 Å². The third-order valence-corrected chi connectivity index (χ3v) is 6.46. The molecule has 1 heterocycles. The first-order valence-electron chi connectivity index (χ1n) is 9.38. The summed E-state index contributed by atoms with van der Waals surface area (Å²) in [5, 5.41) is 7.19. The zero-order chi connectivity index (χ0) is 21.1. The Morgan fingerprint density at radius 1 is 1.03 bits per heavy atom. The molecule has 0 spiro atoms. The topological polar surface area (TPSA) is 70.4 Å². The second-order valence-corrected chi connectivity index (χ2v) is 8.68. The Hall–Kier alpha value is -2.38. The summed E-state index contributed by atoms with van der Waals surface area (Å²) in [6.45, 7) is 0.738. The molecule has 0 aromatic heterocycles. The first-order valence-corrected chi connectivity index (χ1v) is 11.0. The lowest BCUT2D eigenvalue weighted by atomic mass is 10.1. The maximum atomic E-state index is 12.7. The third-order valence-electron chi connectivity index (χ3n) is 4.75. The van der Waals surface area contributed by atoms with Gasteiger partial charge in [-0.3, -0.25) is 0 Å². The van der Waals surface area contributed by atoms with Gasteiger partial charge in [0, 0.05) is 23.0 Å². The molecule has 1 unspecified atom stereocenters. The number of carbonyl (C=O) groups excluding carboxylic acids is 1. The molecule has 1 aliphatic heterocycles. The van der Waals surface area contributed by atoms with Gasteiger partial charge in [-0.25, -0.2) is 4.79 Å². The van der Waals surface area contributed by atoms with E-state index in [-0.39, 0.29) is 11.5 Å².